The summed E-state index contributed by atoms with van der Waals surface area (Å²) in [4.78, 5) is 26.4. The first kappa shape index (κ1) is 19.5. The van der Waals surface area contributed by atoms with Crippen LogP contribution >= 0.6 is 27.7 Å². The number of anilines is 1. The van der Waals surface area contributed by atoms with Gasteiger partial charge in [-0.1, -0.05) is 34.1 Å². The van der Waals surface area contributed by atoms with Crippen molar-refractivity contribution in [2.45, 2.75) is 6.42 Å². The molecular formula is C22H17BrN4OS. The number of para-hydroxylation sites is 2. The Hall–Kier alpha value is -2.77. The lowest BCUT2D eigenvalue weighted by molar-refractivity contribution is -0.113. The lowest BCUT2D eigenvalue weighted by Gasteiger charge is -2.08. The van der Waals surface area contributed by atoms with Crippen molar-refractivity contribution < 1.29 is 4.79 Å². The molecule has 1 amide bonds. The van der Waals surface area contributed by atoms with Crippen molar-refractivity contribution in [1.29, 1.82) is 0 Å². The van der Waals surface area contributed by atoms with Crippen molar-refractivity contribution in [3.05, 3.63) is 83.1 Å². The predicted octanol–water partition coefficient (Wildman–Crippen LogP) is 5.77. The number of carbonyl (C=O) groups excluding carboxylic acids is 1. The predicted molar refractivity (Wildman–Crippen MR) is 124 cm³/mol. The van der Waals surface area contributed by atoms with Crippen LogP contribution in [0.2, 0.25) is 0 Å². The van der Waals surface area contributed by atoms with Gasteiger partial charge in [-0.15, -0.1) is 11.8 Å². The standard InChI is InChI=1S/C22H17BrN4OS/c23-15-8-10-16(11-9-15)25-21(28)14-29-22-13-20(17-5-3-4-12-24-17)26-18-6-1-2-7-19(18)27-22/h1-12H,13-14H2,(H,25,28). The fourth-order valence-electron chi connectivity index (χ4n) is 2.80. The van der Waals surface area contributed by atoms with E-state index in [0.717, 1.165) is 38.0 Å². The molecule has 1 aromatic heterocycles. The summed E-state index contributed by atoms with van der Waals surface area (Å²) in [5, 5.41) is 3.75. The number of aromatic nitrogens is 1. The minimum atomic E-state index is -0.0751. The molecule has 29 heavy (non-hydrogen) atoms. The zero-order chi connectivity index (χ0) is 20.1. The van der Waals surface area contributed by atoms with Crippen LogP contribution in [0.15, 0.2) is 87.4 Å². The maximum absolute atomic E-state index is 12.4. The van der Waals surface area contributed by atoms with Crippen LogP contribution in [0.4, 0.5) is 17.1 Å². The van der Waals surface area contributed by atoms with E-state index >= 15 is 0 Å². The van der Waals surface area contributed by atoms with E-state index in [9.17, 15) is 4.79 Å². The van der Waals surface area contributed by atoms with Gasteiger partial charge in [0.15, 0.2) is 0 Å². The molecule has 144 valence electrons. The number of halogens is 1. The zero-order valence-electron chi connectivity index (χ0n) is 15.4. The first-order chi connectivity index (χ1) is 14.2. The highest BCUT2D eigenvalue weighted by atomic mass is 79.9. The molecule has 0 unspecified atom stereocenters. The van der Waals surface area contributed by atoms with Gasteiger partial charge in [0, 0.05) is 22.8 Å². The second kappa shape index (κ2) is 9.15. The first-order valence-electron chi connectivity index (χ1n) is 9.01. The van der Waals surface area contributed by atoms with Crippen LogP contribution in [0, 0.1) is 0 Å². The van der Waals surface area contributed by atoms with E-state index < -0.39 is 0 Å². The average Bonchev–Trinajstić information content (AvgIpc) is 2.94. The number of nitrogens with one attached hydrogen (secondary N) is 1. The molecule has 0 atom stereocenters. The number of fused-ring (bicyclic) bond motifs is 1. The molecular weight excluding hydrogens is 448 g/mol. The zero-order valence-corrected chi connectivity index (χ0v) is 17.8. The van der Waals surface area contributed by atoms with Crippen LogP contribution in [0.3, 0.4) is 0 Å². The van der Waals surface area contributed by atoms with E-state index in [1.807, 2.05) is 66.7 Å². The van der Waals surface area contributed by atoms with Crippen molar-refractivity contribution >= 4 is 61.4 Å². The Labute approximate surface area is 181 Å². The van der Waals surface area contributed by atoms with Gasteiger partial charge < -0.3 is 5.32 Å². The fourth-order valence-corrected chi connectivity index (χ4v) is 3.83. The number of pyridine rings is 1. The smallest absolute Gasteiger partial charge is 0.234 e. The minimum Gasteiger partial charge on any atom is -0.325 e. The largest absolute Gasteiger partial charge is 0.325 e. The van der Waals surface area contributed by atoms with Crippen LogP contribution in [-0.4, -0.2) is 27.4 Å². The summed E-state index contributed by atoms with van der Waals surface area (Å²) < 4.78 is 0.970. The molecule has 0 aliphatic carbocycles. The Morgan fingerprint density at radius 3 is 2.41 bits per heavy atom. The number of hydrogen-bond donors (Lipinski definition) is 1. The third-order valence-electron chi connectivity index (χ3n) is 4.16. The summed E-state index contributed by atoms with van der Waals surface area (Å²) in [6.45, 7) is 0. The van der Waals surface area contributed by atoms with Crippen molar-refractivity contribution in [3.63, 3.8) is 0 Å². The Balaban J connectivity index is 1.51. The average molecular weight is 465 g/mol. The number of thioether (sulfide) groups is 1. The number of rotatable bonds is 4. The summed E-state index contributed by atoms with van der Waals surface area (Å²) in [6.07, 6.45) is 2.28. The molecule has 0 saturated carbocycles. The Kier molecular flexibility index (Phi) is 6.17. The number of amides is 1. The summed E-state index contributed by atoms with van der Waals surface area (Å²) in [6, 6.07) is 21.0. The van der Waals surface area contributed by atoms with Crippen LogP contribution in [0.25, 0.3) is 0 Å². The van der Waals surface area contributed by atoms with Crippen molar-refractivity contribution in [2.75, 3.05) is 11.1 Å². The Morgan fingerprint density at radius 1 is 0.966 bits per heavy atom. The molecule has 2 aromatic carbocycles. The summed E-state index contributed by atoms with van der Waals surface area (Å²) in [5.41, 5.74) is 4.03. The number of benzene rings is 2. The van der Waals surface area contributed by atoms with E-state index in [2.05, 4.69) is 26.2 Å². The summed E-state index contributed by atoms with van der Waals surface area (Å²) >= 11 is 4.81. The monoisotopic (exact) mass is 464 g/mol. The third kappa shape index (κ3) is 5.19. The van der Waals surface area contributed by atoms with Gasteiger partial charge in [0.25, 0.3) is 0 Å². The highest BCUT2D eigenvalue weighted by Gasteiger charge is 2.17. The van der Waals surface area contributed by atoms with Gasteiger partial charge in [0.1, 0.15) is 0 Å². The lowest BCUT2D eigenvalue weighted by atomic mass is 10.2. The van der Waals surface area contributed by atoms with E-state index in [1.165, 1.54) is 11.8 Å². The Morgan fingerprint density at radius 2 is 1.69 bits per heavy atom. The SMILES string of the molecule is O=C(CSC1=Nc2ccccc2N=C(c2ccccn2)C1)Nc1ccc(Br)cc1. The highest BCUT2D eigenvalue weighted by Crippen LogP contribution is 2.33. The molecule has 0 radical (unpaired) electrons. The second-order valence-electron chi connectivity index (χ2n) is 6.29. The molecule has 5 nitrogen and oxygen atoms in total. The number of hydrogen-bond acceptors (Lipinski definition) is 5. The van der Waals surface area contributed by atoms with Gasteiger partial charge in [-0.05, 0) is 48.5 Å². The molecule has 0 bridgehead atoms. The van der Waals surface area contributed by atoms with Crippen molar-refractivity contribution in [1.82, 2.24) is 4.98 Å². The van der Waals surface area contributed by atoms with Gasteiger partial charge in [-0.2, -0.15) is 0 Å². The number of nitrogens with zero attached hydrogens (tertiary/aromatic N) is 3. The van der Waals surface area contributed by atoms with Gasteiger partial charge in [0.2, 0.25) is 5.91 Å². The summed E-state index contributed by atoms with van der Waals surface area (Å²) in [7, 11) is 0. The van der Waals surface area contributed by atoms with E-state index in [-0.39, 0.29) is 11.7 Å². The van der Waals surface area contributed by atoms with E-state index in [1.54, 1.807) is 6.20 Å². The highest BCUT2D eigenvalue weighted by molar-refractivity contribution is 9.10. The molecule has 1 aliphatic rings. The molecule has 1 aliphatic heterocycles. The van der Waals surface area contributed by atoms with Crippen LogP contribution in [-0.2, 0) is 4.79 Å². The maximum atomic E-state index is 12.4. The quantitative estimate of drug-likeness (QED) is 0.532. The number of aliphatic imine (C=N–C) groups is 2. The van der Waals surface area contributed by atoms with E-state index in [0.29, 0.717) is 6.42 Å². The van der Waals surface area contributed by atoms with Gasteiger partial charge in [0.05, 0.1) is 33.6 Å². The summed E-state index contributed by atoms with van der Waals surface area (Å²) in [5.74, 6) is 0.195. The topological polar surface area (TPSA) is 66.7 Å². The molecule has 0 spiro atoms. The minimum absolute atomic E-state index is 0.0751. The maximum Gasteiger partial charge on any atom is 0.234 e. The lowest BCUT2D eigenvalue weighted by Crippen LogP contribution is -2.16. The molecule has 7 heteroatoms. The number of carbonyl (C=O) groups is 1. The van der Waals surface area contributed by atoms with Gasteiger partial charge in [-0.3, -0.25) is 9.78 Å². The fraction of sp³-hybridized carbons (Fsp3) is 0.0909. The first-order valence-corrected chi connectivity index (χ1v) is 10.8. The van der Waals surface area contributed by atoms with Crippen molar-refractivity contribution in [2.24, 2.45) is 9.98 Å². The van der Waals surface area contributed by atoms with Gasteiger partial charge >= 0.3 is 0 Å². The molecule has 0 saturated heterocycles. The molecule has 4 rings (SSSR count). The Bertz CT molecular complexity index is 1080. The third-order valence-corrected chi connectivity index (χ3v) is 5.66. The normalized spacial score (nSPS) is 13.0. The molecule has 3 aromatic rings. The van der Waals surface area contributed by atoms with Crippen LogP contribution in [0.1, 0.15) is 12.1 Å². The van der Waals surface area contributed by atoms with Crippen molar-refractivity contribution in [3.8, 4) is 0 Å². The second-order valence-corrected chi connectivity index (χ2v) is 8.25. The molecule has 2 heterocycles. The van der Waals surface area contributed by atoms with Gasteiger partial charge in [-0.25, -0.2) is 9.98 Å². The van der Waals surface area contributed by atoms with E-state index in [4.69, 9.17) is 9.98 Å². The molecule has 0 fully saturated rings. The molecule has 1 N–H and O–H groups in total. The van der Waals surface area contributed by atoms with Crippen LogP contribution in [0.5, 0.6) is 0 Å². The van der Waals surface area contributed by atoms with Crippen LogP contribution < -0.4 is 5.32 Å².